The second kappa shape index (κ2) is 5.75. The fourth-order valence-corrected chi connectivity index (χ4v) is 3.76. The number of rotatable bonds is 3. The van der Waals surface area contributed by atoms with Gasteiger partial charge in [-0.3, -0.25) is 0 Å². The summed E-state index contributed by atoms with van der Waals surface area (Å²) in [6.45, 7) is 0. The summed E-state index contributed by atoms with van der Waals surface area (Å²) in [4.78, 5) is 0.116. The molecule has 0 atom stereocenters. The van der Waals surface area contributed by atoms with Crippen LogP contribution in [0.5, 0.6) is 0 Å². The minimum Gasteiger partial charge on any atom is -0.396 e. The third-order valence-electron chi connectivity index (χ3n) is 2.69. The summed E-state index contributed by atoms with van der Waals surface area (Å²) in [5.74, 6) is 0. The number of para-hydroxylation sites is 2. The lowest BCUT2D eigenvalue weighted by atomic mass is 10.2. The van der Waals surface area contributed by atoms with Crippen LogP contribution in [0.2, 0.25) is 0 Å². The van der Waals surface area contributed by atoms with Crippen molar-refractivity contribution >= 4 is 58.8 Å². The molecule has 0 unspecified atom stereocenters. The topological polar surface area (TPSA) is 72.2 Å². The predicted molar refractivity (Wildman–Crippen MR) is 89.1 cm³/mol. The molecule has 0 saturated heterocycles. The van der Waals surface area contributed by atoms with Crippen LogP contribution in [0, 0.1) is 0 Å². The molecule has 0 aromatic heterocycles. The molecule has 0 aliphatic heterocycles. The van der Waals surface area contributed by atoms with Gasteiger partial charge in [0.05, 0.1) is 22.0 Å². The van der Waals surface area contributed by atoms with E-state index in [4.69, 9.17) is 5.73 Å². The molecule has 2 aromatic rings. The van der Waals surface area contributed by atoms with E-state index >= 15 is 0 Å². The Morgan fingerprint density at radius 1 is 1.05 bits per heavy atom. The van der Waals surface area contributed by atoms with E-state index in [1.54, 1.807) is 12.1 Å². The molecule has 3 N–H and O–H groups in total. The fraction of sp³-hybridized carbons (Fsp3) is 0.0769. The van der Waals surface area contributed by atoms with E-state index in [1.165, 1.54) is 6.07 Å². The first-order chi connectivity index (χ1) is 9.30. The molecule has 106 valence electrons. The van der Waals surface area contributed by atoms with Gasteiger partial charge in [-0.15, -0.1) is 0 Å². The number of hydrogen-bond donors (Lipinski definition) is 2. The number of nitrogens with one attached hydrogen (secondary N) is 1. The van der Waals surface area contributed by atoms with Crippen LogP contribution >= 0.6 is 31.9 Å². The molecular formula is C13H12Br2N2O2S. The molecule has 0 heterocycles. The molecule has 0 aliphatic rings. The molecule has 4 nitrogen and oxygen atoms in total. The van der Waals surface area contributed by atoms with Crippen molar-refractivity contribution in [1.29, 1.82) is 0 Å². The first kappa shape index (κ1) is 15.3. The van der Waals surface area contributed by atoms with Crippen LogP contribution in [-0.4, -0.2) is 14.7 Å². The minimum atomic E-state index is -3.36. The molecular weight excluding hydrogens is 408 g/mol. The Balaban J connectivity index is 2.51. The molecule has 2 rings (SSSR count). The van der Waals surface area contributed by atoms with Gasteiger partial charge in [0.1, 0.15) is 0 Å². The maximum atomic E-state index is 11.7. The SMILES string of the molecule is CS(=O)(=O)c1cccc(Nc2c(Br)cccc2Br)c1N. The lowest BCUT2D eigenvalue weighted by molar-refractivity contribution is 0.602. The molecule has 20 heavy (non-hydrogen) atoms. The first-order valence-electron chi connectivity index (χ1n) is 5.60. The van der Waals surface area contributed by atoms with Crippen LogP contribution < -0.4 is 11.1 Å². The van der Waals surface area contributed by atoms with Crippen molar-refractivity contribution in [2.24, 2.45) is 0 Å². The molecule has 0 radical (unpaired) electrons. The van der Waals surface area contributed by atoms with Crippen LogP contribution in [0.4, 0.5) is 17.1 Å². The third-order valence-corrected chi connectivity index (χ3v) is 5.16. The van der Waals surface area contributed by atoms with Crippen LogP contribution in [0.15, 0.2) is 50.2 Å². The summed E-state index contributed by atoms with van der Waals surface area (Å²) in [6.07, 6.45) is 1.14. The second-order valence-electron chi connectivity index (χ2n) is 4.21. The average Bonchev–Trinajstić information content (AvgIpc) is 2.34. The van der Waals surface area contributed by atoms with E-state index in [1.807, 2.05) is 18.2 Å². The summed E-state index contributed by atoms with van der Waals surface area (Å²) < 4.78 is 25.0. The fourth-order valence-electron chi connectivity index (χ4n) is 1.73. The number of anilines is 3. The van der Waals surface area contributed by atoms with E-state index in [0.29, 0.717) is 5.69 Å². The van der Waals surface area contributed by atoms with Gasteiger partial charge in [0.15, 0.2) is 9.84 Å². The minimum absolute atomic E-state index is 0.116. The largest absolute Gasteiger partial charge is 0.396 e. The van der Waals surface area contributed by atoms with Crippen molar-refractivity contribution in [2.75, 3.05) is 17.3 Å². The number of nitrogens with two attached hydrogens (primary N) is 1. The van der Waals surface area contributed by atoms with Crippen LogP contribution in [0.1, 0.15) is 0 Å². The Bertz CT molecular complexity index is 741. The summed E-state index contributed by atoms with van der Waals surface area (Å²) in [7, 11) is -3.36. The number of hydrogen-bond acceptors (Lipinski definition) is 4. The molecule has 7 heteroatoms. The van der Waals surface area contributed by atoms with Gasteiger partial charge in [-0.2, -0.15) is 0 Å². The van der Waals surface area contributed by atoms with Gasteiger partial charge in [-0.25, -0.2) is 8.42 Å². The van der Waals surface area contributed by atoms with Crippen molar-refractivity contribution in [3.8, 4) is 0 Å². The smallest absolute Gasteiger partial charge is 0.177 e. The highest BCUT2D eigenvalue weighted by atomic mass is 79.9. The van der Waals surface area contributed by atoms with E-state index in [0.717, 1.165) is 20.9 Å². The third kappa shape index (κ3) is 3.16. The lowest BCUT2D eigenvalue weighted by Crippen LogP contribution is -2.05. The summed E-state index contributed by atoms with van der Waals surface area (Å²) in [5.41, 5.74) is 7.48. The Kier molecular flexibility index (Phi) is 4.41. The van der Waals surface area contributed by atoms with Gasteiger partial charge in [0.2, 0.25) is 0 Å². The molecule has 0 bridgehead atoms. The van der Waals surface area contributed by atoms with Gasteiger partial charge in [0, 0.05) is 15.2 Å². The van der Waals surface area contributed by atoms with E-state index in [2.05, 4.69) is 37.2 Å². The number of nitrogen functional groups attached to an aromatic ring is 1. The van der Waals surface area contributed by atoms with E-state index in [-0.39, 0.29) is 10.6 Å². The van der Waals surface area contributed by atoms with Crippen LogP contribution in [0.25, 0.3) is 0 Å². The van der Waals surface area contributed by atoms with Gasteiger partial charge < -0.3 is 11.1 Å². The van der Waals surface area contributed by atoms with Crippen molar-refractivity contribution in [3.63, 3.8) is 0 Å². The quantitative estimate of drug-likeness (QED) is 0.739. The zero-order valence-electron chi connectivity index (χ0n) is 10.5. The molecule has 2 aromatic carbocycles. The maximum Gasteiger partial charge on any atom is 0.177 e. The molecule has 0 aliphatic carbocycles. The van der Waals surface area contributed by atoms with Crippen LogP contribution in [0.3, 0.4) is 0 Å². The highest BCUT2D eigenvalue weighted by Gasteiger charge is 2.15. The summed E-state index contributed by atoms with van der Waals surface area (Å²) >= 11 is 6.87. The number of halogens is 2. The monoisotopic (exact) mass is 418 g/mol. The zero-order chi connectivity index (χ0) is 14.9. The molecule has 0 spiro atoms. The summed E-state index contributed by atoms with van der Waals surface area (Å²) in [5, 5.41) is 3.14. The number of sulfone groups is 1. The van der Waals surface area contributed by atoms with E-state index in [9.17, 15) is 8.42 Å². The average molecular weight is 420 g/mol. The Morgan fingerprint density at radius 2 is 1.60 bits per heavy atom. The Morgan fingerprint density at radius 3 is 2.15 bits per heavy atom. The van der Waals surface area contributed by atoms with Crippen molar-refractivity contribution in [1.82, 2.24) is 0 Å². The van der Waals surface area contributed by atoms with Gasteiger partial charge in [-0.1, -0.05) is 12.1 Å². The normalized spacial score (nSPS) is 11.3. The maximum absolute atomic E-state index is 11.7. The first-order valence-corrected chi connectivity index (χ1v) is 9.08. The van der Waals surface area contributed by atoms with Crippen molar-refractivity contribution in [3.05, 3.63) is 45.3 Å². The Labute approximate surface area is 134 Å². The molecule has 0 saturated carbocycles. The zero-order valence-corrected chi connectivity index (χ0v) is 14.5. The Hall–Kier alpha value is -1.05. The van der Waals surface area contributed by atoms with E-state index < -0.39 is 9.84 Å². The summed E-state index contributed by atoms with van der Waals surface area (Å²) in [6, 6.07) is 10.5. The second-order valence-corrected chi connectivity index (χ2v) is 7.90. The predicted octanol–water partition coefficient (Wildman–Crippen LogP) is 3.94. The van der Waals surface area contributed by atoms with Gasteiger partial charge in [0.25, 0.3) is 0 Å². The molecule has 0 fully saturated rings. The number of benzene rings is 2. The van der Waals surface area contributed by atoms with Crippen molar-refractivity contribution in [2.45, 2.75) is 4.90 Å². The van der Waals surface area contributed by atoms with Gasteiger partial charge in [-0.05, 0) is 56.1 Å². The van der Waals surface area contributed by atoms with Crippen LogP contribution in [-0.2, 0) is 9.84 Å². The van der Waals surface area contributed by atoms with Gasteiger partial charge >= 0.3 is 0 Å². The highest BCUT2D eigenvalue weighted by Crippen LogP contribution is 2.36. The standard InChI is InChI=1S/C13H12Br2N2O2S/c1-20(18,19)11-7-3-6-10(12(11)16)17-13-8(14)4-2-5-9(13)15/h2-7,17H,16H2,1H3. The van der Waals surface area contributed by atoms with Crippen molar-refractivity contribution < 1.29 is 8.42 Å². The molecule has 0 amide bonds. The lowest BCUT2D eigenvalue weighted by Gasteiger charge is -2.14. The highest BCUT2D eigenvalue weighted by molar-refractivity contribution is 9.11.